The van der Waals surface area contributed by atoms with Crippen molar-refractivity contribution in [2.75, 3.05) is 11.7 Å². The van der Waals surface area contributed by atoms with E-state index in [1.54, 1.807) is 37.3 Å². The summed E-state index contributed by atoms with van der Waals surface area (Å²) < 4.78 is 4.98. The van der Waals surface area contributed by atoms with Crippen molar-refractivity contribution >= 4 is 17.4 Å². The normalized spacial score (nSPS) is 22.3. The Morgan fingerprint density at radius 3 is 2.63 bits per heavy atom. The van der Waals surface area contributed by atoms with Gasteiger partial charge in [0, 0.05) is 6.42 Å². The van der Waals surface area contributed by atoms with Crippen molar-refractivity contribution in [3.63, 3.8) is 0 Å². The Balaban J connectivity index is 2.39. The second-order valence-corrected chi connectivity index (χ2v) is 4.50. The summed E-state index contributed by atoms with van der Waals surface area (Å²) in [5.74, 6) is -0.971. The van der Waals surface area contributed by atoms with Crippen molar-refractivity contribution in [3.05, 3.63) is 30.3 Å². The summed E-state index contributed by atoms with van der Waals surface area (Å²) in [5, 5.41) is 11.1. The van der Waals surface area contributed by atoms with E-state index in [0.29, 0.717) is 12.1 Å². The molecular formula is C14H17NO4. The van der Waals surface area contributed by atoms with Crippen molar-refractivity contribution in [1.29, 1.82) is 0 Å². The number of carbonyl (C=O) groups is 2. The van der Waals surface area contributed by atoms with Gasteiger partial charge in [-0.1, -0.05) is 18.2 Å². The lowest BCUT2D eigenvalue weighted by atomic mass is 9.95. The first kappa shape index (κ1) is 13.5. The Morgan fingerprint density at radius 2 is 2.11 bits per heavy atom. The van der Waals surface area contributed by atoms with Gasteiger partial charge >= 0.3 is 5.97 Å². The maximum absolute atomic E-state index is 12.1. The fourth-order valence-corrected chi connectivity index (χ4v) is 2.42. The van der Waals surface area contributed by atoms with Crippen LogP contribution < -0.4 is 5.06 Å². The minimum atomic E-state index is -1.59. The number of benzene rings is 1. The third-order valence-electron chi connectivity index (χ3n) is 3.38. The highest BCUT2D eigenvalue weighted by atomic mass is 16.6. The zero-order valence-corrected chi connectivity index (χ0v) is 10.8. The molecule has 1 atom stereocenters. The maximum atomic E-state index is 12.1. The molecule has 2 rings (SSSR count). The molecule has 1 saturated carbocycles. The van der Waals surface area contributed by atoms with Crippen LogP contribution in [0.2, 0.25) is 0 Å². The number of ketones is 1. The van der Waals surface area contributed by atoms with Crippen LogP contribution in [0.25, 0.3) is 0 Å². The third-order valence-corrected chi connectivity index (χ3v) is 3.38. The van der Waals surface area contributed by atoms with E-state index >= 15 is 0 Å². The van der Waals surface area contributed by atoms with Crippen LogP contribution in [-0.2, 0) is 14.3 Å². The summed E-state index contributed by atoms with van der Waals surface area (Å²) in [6.45, 7) is 1.85. The number of carbonyl (C=O) groups excluding carboxylic acids is 2. The number of hydrogen-bond acceptors (Lipinski definition) is 5. The summed E-state index contributed by atoms with van der Waals surface area (Å²) >= 11 is 0. The largest absolute Gasteiger partial charge is 0.464 e. The van der Waals surface area contributed by atoms with Gasteiger partial charge in [0.15, 0.2) is 5.78 Å². The molecule has 5 heteroatoms. The molecule has 1 fully saturated rings. The number of rotatable bonds is 4. The Morgan fingerprint density at radius 1 is 1.42 bits per heavy atom. The second-order valence-electron chi connectivity index (χ2n) is 4.50. The first-order valence-corrected chi connectivity index (χ1v) is 6.37. The summed E-state index contributed by atoms with van der Waals surface area (Å²) in [5.41, 5.74) is -1.18. The molecule has 5 nitrogen and oxygen atoms in total. The molecule has 0 amide bonds. The van der Waals surface area contributed by atoms with Crippen molar-refractivity contribution in [3.8, 4) is 0 Å². The van der Waals surface area contributed by atoms with Gasteiger partial charge in [-0.15, -0.1) is 0 Å². The van der Waals surface area contributed by atoms with Gasteiger partial charge in [0.25, 0.3) is 0 Å². The van der Waals surface area contributed by atoms with E-state index in [2.05, 4.69) is 0 Å². The summed E-state index contributed by atoms with van der Waals surface area (Å²) in [7, 11) is 0. The summed E-state index contributed by atoms with van der Waals surface area (Å²) in [6, 6.07) is 8.55. The van der Waals surface area contributed by atoms with E-state index in [4.69, 9.17) is 4.74 Å². The molecule has 0 bridgehead atoms. The predicted molar refractivity (Wildman–Crippen MR) is 68.9 cm³/mol. The average molecular weight is 263 g/mol. The SMILES string of the molecule is CCOC(=O)C1(N(O)c2ccccc2)CCCC1=O. The van der Waals surface area contributed by atoms with Crippen LogP contribution in [0.4, 0.5) is 5.69 Å². The van der Waals surface area contributed by atoms with E-state index in [1.165, 1.54) is 0 Å². The van der Waals surface area contributed by atoms with E-state index in [0.717, 1.165) is 5.06 Å². The van der Waals surface area contributed by atoms with E-state index in [9.17, 15) is 14.8 Å². The lowest BCUT2D eigenvalue weighted by Gasteiger charge is -2.34. The summed E-state index contributed by atoms with van der Waals surface area (Å²) in [4.78, 5) is 24.3. The molecule has 0 aliphatic heterocycles. The molecule has 1 aromatic rings. The van der Waals surface area contributed by atoms with Crippen LogP contribution in [0.5, 0.6) is 0 Å². The second kappa shape index (κ2) is 5.40. The van der Waals surface area contributed by atoms with Crippen molar-refractivity contribution in [2.45, 2.75) is 31.7 Å². The van der Waals surface area contributed by atoms with Crippen LogP contribution in [-0.4, -0.2) is 29.1 Å². The van der Waals surface area contributed by atoms with Crippen molar-refractivity contribution < 1.29 is 19.5 Å². The van der Waals surface area contributed by atoms with Gasteiger partial charge in [-0.2, -0.15) is 0 Å². The number of hydroxylamine groups is 1. The first-order chi connectivity index (χ1) is 9.13. The first-order valence-electron chi connectivity index (χ1n) is 6.37. The quantitative estimate of drug-likeness (QED) is 0.511. The highest BCUT2D eigenvalue weighted by Crippen LogP contribution is 2.35. The molecule has 0 saturated heterocycles. The number of ether oxygens (including phenoxy) is 1. The molecule has 102 valence electrons. The molecule has 1 aliphatic carbocycles. The topological polar surface area (TPSA) is 66.8 Å². The third kappa shape index (κ3) is 2.21. The monoisotopic (exact) mass is 263 g/mol. The smallest absolute Gasteiger partial charge is 0.342 e. The molecule has 0 spiro atoms. The number of anilines is 1. The lowest BCUT2D eigenvalue weighted by molar-refractivity contribution is -0.155. The summed E-state index contributed by atoms with van der Waals surface area (Å²) in [6.07, 6.45) is 1.13. The zero-order chi connectivity index (χ0) is 13.9. The molecule has 1 unspecified atom stereocenters. The van der Waals surface area contributed by atoms with Crippen molar-refractivity contribution in [1.82, 2.24) is 0 Å². The van der Waals surface area contributed by atoms with Crippen molar-refractivity contribution in [2.24, 2.45) is 0 Å². The average Bonchev–Trinajstić information content (AvgIpc) is 2.82. The lowest BCUT2D eigenvalue weighted by Crippen LogP contribution is -2.57. The van der Waals surface area contributed by atoms with Gasteiger partial charge in [-0.25, -0.2) is 9.86 Å². The molecule has 1 aliphatic rings. The van der Waals surface area contributed by atoms with Gasteiger partial charge in [0.1, 0.15) is 0 Å². The molecule has 19 heavy (non-hydrogen) atoms. The van der Waals surface area contributed by atoms with Crippen LogP contribution in [0, 0.1) is 0 Å². The number of nitrogens with zero attached hydrogens (tertiary/aromatic N) is 1. The highest BCUT2D eigenvalue weighted by molar-refractivity contribution is 6.12. The number of para-hydroxylation sites is 1. The molecule has 1 N–H and O–H groups in total. The fourth-order valence-electron chi connectivity index (χ4n) is 2.42. The minimum Gasteiger partial charge on any atom is -0.464 e. The zero-order valence-electron chi connectivity index (χ0n) is 10.8. The van der Waals surface area contributed by atoms with E-state index in [1.807, 2.05) is 0 Å². The maximum Gasteiger partial charge on any atom is 0.342 e. The standard InChI is InChI=1S/C14H17NO4/c1-2-19-13(17)14(10-6-9-12(14)16)15(18)11-7-4-3-5-8-11/h3-5,7-8,18H,2,6,9-10H2,1H3. The number of esters is 1. The molecule has 0 aromatic heterocycles. The van der Waals surface area contributed by atoms with Gasteiger partial charge in [0.05, 0.1) is 12.3 Å². The van der Waals surface area contributed by atoms with Gasteiger partial charge in [-0.3, -0.25) is 10.0 Å². The van der Waals surface area contributed by atoms with Crippen LogP contribution in [0.3, 0.4) is 0 Å². The van der Waals surface area contributed by atoms with E-state index in [-0.39, 0.29) is 25.2 Å². The predicted octanol–water partition coefficient (Wildman–Crippen LogP) is 1.94. The molecule has 0 radical (unpaired) electrons. The highest BCUT2D eigenvalue weighted by Gasteiger charge is 2.55. The Hall–Kier alpha value is -1.88. The van der Waals surface area contributed by atoms with Gasteiger partial charge in [-0.05, 0) is 31.9 Å². The Kier molecular flexibility index (Phi) is 3.85. The van der Waals surface area contributed by atoms with Crippen LogP contribution in [0.1, 0.15) is 26.2 Å². The van der Waals surface area contributed by atoms with Gasteiger partial charge < -0.3 is 4.74 Å². The molecule has 1 aromatic carbocycles. The fraction of sp³-hybridized carbons (Fsp3) is 0.429. The Bertz CT molecular complexity index is 474. The number of Topliss-reactive ketones (excluding diaryl/α,β-unsaturated/α-hetero) is 1. The van der Waals surface area contributed by atoms with Crippen LogP contribution >= 0.6 is 0 Å². The van der Waals surface area contributed by atoms with Crippen LogP contribution in [0.15, 0.2) is 30.3 Å². The molecule has 0 heterocycles. The minimum absolute atomic E-state index is 0.177. The molecular weight excluding hydrogens is 246 g/mol. The Labute approximate surface area is 111 Å². The van der Waals surface area contributed by atoms with E-state index < -0.39 is 11.5 Å². The number of hydrogen-bond donors (Lipinski definition) is 1. The van der Waals surface area contributed by atoms with Gasteiger partial charge in [0.2, 0.25) is 5.54 Å².